The molecule has 0 unspecified atom stereocenters. The van der Waals surface area contributed by atoms with Crippen LogP contribution in [0.2, 0.25) is 5.02 Å². The Labute approximate surface area is 133 Å². The van der Waals surface area contributed by atoms with Crippen LogP contribution in [0, 0.1) is 0 Å². The van der Waals surface area contributed by atoms with E-state index in [4.69, 9.17) is 11.6 Å². The highest BCUT2D eigenvalue weighted by Crippen LogP contribution is 2.38. The van der Waals surface area contributed by atoms with Crippen molar-refractivity contribution in [2.24, 2.45) is 0 Å². The maximum absolute atomic E-state index is 12.3. The first kappa shape index (κ1) is 16.9. The summed E-state index contributed by atoms with van der Waals surface area (Å²) >= 11 is 7.41. The lowest BCUT2D eigenvalue weighted by Gasteiger charge is -2.35. The molecule has 1 aromatic rings. The van der Waals surface area contributed by atoms with Gasteiger partial charge < -0.3 is 4.98 Å². The summed E-state index contributed by atoms with van der Waals surface area (Å²) in [5.41, 5.74) is -0.497. The molecule has 1 heterocycles. The van der Waals surface area contributed by atoms with Crippen LogP contribution >= 0.6 is 23.4 Å². The third kappa shape index (κ3) is 4.03. The molecule has 1 aliphatic carbocycles. The Balaban J connectivity index is 2.13. The first-order valence-corrected chi connectivity index (χ1v) is 9.90. The molecule has 0 atom stereocenters. The third-order valence-corrected chi connectivity index (χ3v) is 7.00. The lowest BCUT2D eigenvalue weighted by atomic mass is 9.88. The van der Waals surface area contributed by atoms with Crippen LogP contribution in [0.25, 0.3) is 0 Å². The summed E-state index contributed by atoms with van der Waals surface area (Å²) in [5, 5.41) is -0.130. The van der Waals surface area contributed by atoms with Gasteiger partial charge in [-0.3, -0.25) is 4.79 Å². The van der Waals surface area contributed by atoms with E-state index in [0.29, 0.717) is 6.54 Å². The Morgan fingerprint density at radius 3 is 2.62 bits per heavy atom. The number of thioether (sulfide) groups is 1. The minimum absolute atomic E-state index is 0.0147. The number of rotatable bonds is 5. The molecule has 0 saturated heterocycles. The van der Waals surface area contributed by atoms with Gasteiger partial charge in [0, 0.05) is 17.5 Å². The maximum Gasteiger partial charge on any atom is 0.266 e. The van der Waals surface area contributed by atoms with Crippen molar-refractivity contribution in [1.29, 1.82) is 0 Å². The minimum Gasteiger partial charge on any atom is -0.326 e. The molecule has 118 valence electrons. The molecular formula is C13H19ClN2O3S2. The van der Waals surface area contributed by atoms with Gasteiger partial charge >= 0.3 is 0 Å². The van der Waals surface area contributed by atoms with Crippen LogP contribution < -0.4 is 10.3 Å². The van der Waals surface area contributed by atoms with Crippen molar-refractivity contribution in [2.75, 3.05) is 12.8 Å². The Morgan fingerprint density at radius 2 is 2.05 bits per heavy atom. The van der Waals surface area contributed by atoms with Gasteiger partial charge in [-0.25, -0.2) is 13.1 Å². The van der Waals surface area contributed by atoms with Gasteiger partial charge in [-0.15, -0.1) is 0 Å². The fourth-order valence-corrected chi connectivity index (χ4v) is 4.91. The smallest absolute Gasteiger partial charge is 0.266 e. The third-order valence-electron chi connectivity index (χ3n) is 3.92. The van der Waals surface area contributed by atoms with E-state index in [9.17, 15) is 13.2 Å². The Morgan fingerprint density at radius 1 is 1.38 bits per heavy atom. The van der Waals surface area contributed by atoms with Crippen LogP contribution in [0.4, 0.5) is 0 Å². The Bertz CT molecular complexity index is 652. The molecule has 1 saturated carbocycles. The second kappa shape index (κ2) is 6.73. The van der Waals surface area contributed by atoms with Crippen molar-refractivity contribution in [3.05, 3.63) is 27.6 Å². The van der Waals surface area contributed by atoms with Crippen LogP contribution in [-0.4, -0.2) is 30.9 Å². The quantitative estimate of drug-likeness (QED) is 0.854. The molecule has 0 aromatic carbocycles. The lowest BCUT2D eigenvalue weighted by molar-refractivity contribution is 0.395. The molecule has 2 N–H and O–H groups in total. The van der Waals surface area contributed by atoms with E-state index in [1.54, 1.807) is 11.8 Å². The van der Waals surface area contributed by atoms with Gasteiger partial charge in [0.1, 0.15) is 5.02 Å². The van der Waals surface area contributed by atoms with Crippen LogP contribution in [-0.2, 0) is 10.0 Å². The minimum atomic E-state index is -3.67. The second-order valence-electron chi connectivity index (χ2n) is 5.28. The summed E-state index contributed by atoms with van der Waals surface area (Å²) in [5.74, 6) is 0. The molecule has 0 amide bonds. The maximum atomic E-state index is 12.3. The summed E-state index contributed by atoms with van der Waals surface area (Å²) in [6.07, 6.45) is 8.70. The van der Waals surface area contributed by atoms with Crippen LogP contribution in [0.5, 0.6) is 0 Å². The average Bonchev–Trinajstić information content (AvgIpc) is 2.49. The first-order valence-electron chi connectivity index (χ1n) is 6.82. The standard InChI is InChI=1S/C13H19ClN2O3S2/c1-20-13(5-3-2-4-6-13)9-16-21(18,19)10-7-11(14)12(17)15-8-10/h7-8,16H,2-6,9H2,1H3,(H,15,17). The summed E-state index contributed by atoms with van der Waals surface area (Å²) in [4.78, 5) is 13.5. The highest BCUT2D eigenvalue weighted by molar-refractivity contribution is 8.00. The molecule has 0 radical (unpaired) electrons. The number of hydrogen-bond donors (Lipinski definition) is 2. The molecule has 1 aliphatic rings. The Kier molecular flexibility index (Phi) is 5.40. The molecule has 21 heavy (non-hydrogen) atoms. The zero-order chi connectivity index (χ0) is 15.5. The van der Waals surface area contributed by atoms with Gasteiger partial charge in [0.05, 0.1) is 4.90 Å². The largest absolute Gasteiger partial charge is 0.326 e. The topological polar surface area (TPSA) is 79.0 Å². The van der Waals surface area contributed by atoms with E-state index in [0.717, 1.165) is 25.7 Å². The number of hydrogen-bond acceptors (Lipinski definition) is 4. The number of sulfonamides is 1. The molecule has 0 aliphatic heterocycles. The molecule has 0 bridgehead atoms. The monoisotopic (exact) mass is 350 g/mol. The van der Waals surface area contributed by atoms with Gasteiger partial charge in [0.25, 0.3) is 5.56 Å². The van der Waals surface area contributed by atoms with Crippen molar-refractivity contribution < 1.29 is 8.42 Å². The van der Waals surface area contributed by atoms with Gasteiger partial charge in [-0.1, -0.05) is 30.9 Å². The lowest BCUT2D eigenvalue weighted by Crippen LogP contribution is -2.41. The van der Waals surface area contributed by atoms with Gasteiger partial charge in [-0.05, 0) is 25.2 Å². The fraction of sp³-hybridized carbons (Fsp3) is 0.615. The van der Waals surface area contributed by atoms with E-state index >= 15 is 0 Å². The molecule has 1 aromatic heterocycles. The van der Waals surface area contributed by atoms with E-state index in [1.807, 2.05) is 6.26 Å². The Hall–Kier alpha value is -0.500. The predicted molar refractivity (Wildman–Crippen MR) is 86.6 cm³/mol. The summed E-state index contributed by atoms with van der Waals surface area (Å²) < 4.78 is 27.2. The molecule has 2 rings (SSSR count). The van der Waals surface area contributed by atoms with Crippen LogP contribution in [0.15, 0.2) is 22.0 Å². The predicted octanol–water partition coefficient (Wildman–Crippen LogP) is 2.37. The molecule has 8 heteroatoms. The summed E-state index contributed by atoms with van der Waals surface area (Å²) in [6, 6.07) is 1.18. The number of aromatic nitrogens is 1. The van der Waals surface area contributed by atoms with Crippen molar-refractivity contribution in [3.8, 4) is 0 Å². The highest BCUT2D eigenvalue weighted by Gasteiger charge is 2.32. The van der Waals surface area contributed by atoms with Crippen molar-refractivity contribution >= 4 is 33.4 Å². The fourth-order valence-electron chi connectivity index (χ4n) is 2.55. The molecule has 1 fully saturated rings. The first-order chi connectivity index (χ1) is 9.88. The molecule has 0 spiro atoms. The summed E-state index contributed by atoms with van der Waals surface area (Å²) in [7, 11) is -3.67. The van der Waals surface area contributed by atoms with Gasteiger partial charge in [-0.2, -0.15) is 11.8 Å². The van der Waals surface area contributed by atoms with Gasteiger partial charge in [0.15, 0.2) is 0 Å². The van der Waals surface area contributed by atoms with Crippen LogP contribution in [0.3, 0.4) is 0 Å². The zero-order valence-corrected chi connectivity index (χ0v) is 14.2. The van der Waals surface area contributed by atoms with E-state index in [-0.39, 0.29) is 14.7 Å². The van der Waals surface area contributed by atoms with Crippen LogP contribution in [0.1, 0.15) is 32.1 Å². The van der Waals surface area contributed by atoms with E-state index < -0.39 is 15.6 Å². The number of aromatic amines is 1. The normalized spacial score (nSPS) is 18.6. The van der Waals surface area contributed by atoms with Gasteiger partial charge in [0.2, 0.25) is 10.0 Å². The average molecular weight is 351 g/mol. The van der Waals surface area contributed by atoms with Crippen molar-refractivity contribution in [3.63, 3.8) is 0 Å². The summed E-state index contributed by atoms with van der Waals surface area (Å²) in [6.45, 7) is 0.396. The number of H-pyrrole nitrogens is 1. The number of halogens is 1. The SMILES string of the molecule is CSC1(CNS(=O)(=O)c2c[nH]c(=O)c(Cl)c2)CCCCC1. The molecular weight excluding hydrogens is 332 g/mol. The zero-order valence-electron chi connectivity index (χ0n) is 11.8. The van der Waals surface area contributed by atoms with E-state index in [2.05, 4.69) is 9.71 Å². The molecule has 5 nitrogen and oxygen atoms in total. The number of pyridine rings is 1. The van der Waals surface area contributed by atoms with E-state index in [1.165, 1.54) is 18.7 Å². The number of nitrogens with one attached hydrogen (secondary N) is 2. The highest BCUT2D eigenvalue weighted by atomic mass is 35.5. The van der Waals surface area contributed by atoms with Crippen molar-refractivity contribution in [1.82, 2.24) is 9.71 Å². The second-order valence-corrected chi connectivity index (χ2v) is 8.73. The van der Waals surface area contributed by atoms with Crippen molar-refractivity contribution in [2.45, 2.75) is 41.7 Å².